The molecule has 6 heteroatoms. The SMILES string of the molecule is CC=Cc1ccc(-c2ccc(OCc3ccc(-c4ccc(OCC)c(F)c4F)cc3)c(F)c2F)cc1. The molecule has 0 aromatic heterocycles. The zero-order valence-electron chi connectivity index (χ0n) is 19.8. The van der Waals surface area contributed by atoms with Crippen LogP contribution >= 0.6 is 0 Å². The van der Waals surface area contributed by atoms with E-state index in [1.54, 1.807) is 43.3 Å². The summed E-state index contributed by atoms with van der Waals surface area (Å²) >= 11 is 0. The summed E-state index contributed by atoms with van der Waals surface area (Å²) in [5.74, 6) is -4.47. The van der Waals surface area contributed by atoms with Crippen molar-refractivity contribution in [1.82, 2.24) is 0 Å². The highest BCUT2D eigenvalue weighted by Gasteiger charge is 2.17. The highest BCUT2D eigenvalue weighted by atomic mass is 19.2. The van der Waals surface area contributed by atoms with Gasteiger partial charge in [0.15, 0.2) is 23.1 Å². The number of hydrogen-bond donors (Lipinski definition) is 0. The summed E-state index contributed by atoms with van der Waals surface area (Å²) in [6.45, 7) is 3.78. The molecule has 0 aliphatic carbocycles. The molecule has 4 aromatic carbocycles. The molecule has 0 heterocycles. The first kappa shape index (κ1) is 25.0. The van der Waals surface area contributed by atoms with Crippen LogP contribution in [0.2, 0.25) is 0 Å². The Kier molecular flexibility index (Phi) is 7.74. The van der Waals surface area contributed by atoms with Gasteiger partial charge in [0.25, 0.3) is 0 Å². The lowest BCUT2D eigenvalue weighted by atomic mass is 10.0. The summed E-state index contributed by atoms with van der Waals surface area (Å²) in [6, 6.07) is 19.3. The molecule has 0 aliphatic heterocycles. The standard InChI is InChI=1S/C30H24F4O2/c1-3-5-19-6-10-21(11-7-19)24-15-17-26(30(34)28(24)32)36-18-20-8-12-22(13-9-20)23-14-16-25(35-4-2)29(33)27(23)31/h3,5-17H,4,18H2,1-2H3. The Morgan fingerprint density at radius 1 is 0.611 bits per heavy atom. The largest absolute Gasteiger partial charge is 0.491 e. The van der Waals surface area contributed by atoms with E-state index in [4.69, 9.17) is 9.47 Å². The lowest BCUT2D eigenvalue weighted by Crippen LogP contribution is -2.01. The Morgan fingerprint density at radius 2 is 1.11 bits per heavy atom. The van der Waals surface area contributed by atoms with Gasteiger partial charge in [0.2, 0.25) is 11.6 Å². The number of hydrogen-bond acceptors (Lipinski definition) is 2. The third-order valence-electron chi connectivity index (χ3n) is 5.63. The third-order valence-corrected chi connectivity index (χ3v) is 5.63. The van der Waals surface area contributed by atoms with Crippen molar-refractivity contribution in [3.05, 3.63) is 113 Å². The van der Waals surface area contributed by atoms with Gasteiger partial charge in [0.05, 0.1) is 6.61 Å². The van der Waals surface area contributed by atoms with Crippen LogP contribution in [0.1, 0.15) is 25.0 Å². The minimum Gasteiger partial charge on any atom is -0.491 e. The smallest absolute Gasteiger partial charge is 0.201 e. The molecule has 0 unspecified atom stereocenters. The summed E-state index contributed by atoms with van der Waals surface area (Å²) in [6.07, 6.45) is 3.81. The Balaban J connectivity index is 1.47. The van der Waals surface area contributed by atoms with Crippen LogP contribution in [0.3, 0.4) is 0 Å². The van der Waals surface area contributed by atoms with Crippen LogP contribution in [0, 0.1) is 23.3 Å². The molecular formula is C30H24F4O2. The van der Waals surface area contributed by atoms with Crippen LogP contribution in [0.25, 0.3) is 28.3 Å². The molecule has 4 rings (SSSR count). The molecular weight excluding hydrogens is 468 g/mol. The van der Waals surface area contributed by atoms with E-state index < -0.39 is 23.3 Å². The summed E-state index contributed by atoms with van der Waals surface area (Å²) in [7, 11) is 0. The lowest BCUT2D eigenvalue weighted by molar-refractivity contribution is 0.285. The number of rotatable bonds is 8. The monoisotopic (exact) mass is 492 g/mol. The van der Waals surface area contributed by atoms with Crippen LogP contribution in [0.15, 0.2) is 78.9 Å². The van der Waals surface area contributed by atoms with Gasteiger partial charge in [-0.2, -0.15) is 8.78 Å². The molecule has 0 amide bonds. The fraction of sp³-hybridized carbons (Fsp3) is 0.133. The zero-order valence-corrected chi connectivity index (χ0v) is 19.8. The molecule has 0 atom stereocenters. The Morgan fingerprint density at radius 3 is 1.61 bits per heavy atom. The maximum atomic E-state index is 14.8. The first-order chi connectivity index (χ1) is 17.4. The minimum atomic E-state index is -1.08. The molecule has 184 valence electrons. The first-order valence-electron chi connectivity index (χ1n) is 11.5. The van der Waals surface area contributed by atoms with Crippen molar-refractivity contribution >= 4 is 6.08 Å². The summed E-state index contributed by atoms with van der Waals surface area (Å²) in [4.78, 5) is 0. The Hall–Kier alpha value is -4.06. The molecule has 36 heavy (non-hydrogen) atoms. The lowest BCUT2D eigenvalue weighted by Gasteiger charge is -2.12. The molecule has 4 aromatic rings. The van der Waals surface area contributed by atoms with E-state index in [1.807, 2.05) is 31.2 Å². The van der Waals surface area contributed by atoms with Gasteiger partial charge in [-0.1, -0.05) is 60.7 Å². The summed E-state index contributed by atoms with van der Waals surface area (Å²) in [5, 5.41) is 0. The van der Waals surface area contributed by atoms with Gasteiger partial charge in [0.1, 0.15) is 6.61 Å². The van der Waals surface area contributed by atoms with Gasteiger partial charge in [-0.05, 0) is 60.4 Å². The summed E-state index contributed by atoms with van der Waals surface area (Å²) in [5.41, 5.74) is 2.85. The van der Waals surface area contributed by atoms with E-state index in [9.17, 15) is 17.6 Å². The average molecular weight is 493 g/mol. The van der Waals surface area contributed by atoms with Gasteiger partial charge < -0.3 is 9.47 Å². The number of allylic oxidation sites excluding steroid dienone is 1. The second-order valence-electron chi connectivity index (χ2n) is 8.02. The van der Waals surface area contributed by atoms with Gasteiger partial charge in [0, 0.05) is 11.1 Å². The topological polar surface area (TPSA) is 18.5 Å². The van der Waals surface area contributed by atoms with Crippen molar-refractivity contribution < 1.29 is 27.0 Å². The van der Waals surface area contributed by atoms with Crippen molar-refractivity contribution in [1.29, 1.82) is 0 Å². The Labute approximate surface area is 207 Å². The van der Waals surface area contributed by atoms with Crippen molar-refractivity contribution in [3.8, 4) is 33.8 Å². The van der Waals surface area contributed by atoms with E-state index >= 15 is 0 Å². The van der Waals surface area contributed by atoms with Crippen molar-refractivity contribution in [3.63, 3.8) is 0 Å². The highest BCUT2D eigenvalue weighted by molar-refractivity contribution is 5.68. The molecule has 0 aliphatic rings. The second-order valence-corrected chi connectivity index (χ2v) is 8.02. The summed E-state index contributed by atoms with van der Waals surface area (Å²) < 4.78 is 68.7. The predicted molar refractivity (Wildman–Crippen MR) is 134 cm³/mol. The van der Waals surface area contributed by atoms with Gasteiger partial charge in [-0.25, -0.2) is 8.78 Å². The van der Waals surface area contributed by atoms with Crippen LogP contribution in [0.4, 0.5) is 17.6 Å². The van der Waals surface area contributed by atoms with E-state index in [0.29, 0.717) is 16.7 Å². The van der Waals surface area contributed by atoms with Crippen LogP contribution in [-0.2, 0) is 6.61 Å². The average Bonchev–Trinajstić information content (AvgIpc) is 2.89. The van der Waals surface area contributed by atoms with Crippen molar-refractivity contribution in [2.45, 2.75) is 20.5 Å². The van der Waals surface area contributed by atoms with E-state index in [1.165, 1.54) is 24.3 Å². The third kappa shape index (κ3) is 5.28. The fourth-order valence-corrected chi connectivity index (χ4v) is 3.80. The molecule has 0 bridgehead atoms. The quantitative estimate of drug-likeness (QED) is 0.229. The normalized spacial score (nSPS) is 11.2. The van der Waals surface area contributed by atoms with E-state index in [0.717, 1.165) is 5.56 Å². The van der Waals surface area contributed by atoms with Gasteiger partial charge in [-0.15, -0.1) is 0 Å². The van der Waals surface area contributed by atoms with E-state index in [-0.39, 0.29) is 35.8 Å². The van der Waals surface area contributed by atoms with Gasteiger partial charge >= 0.3 is 0 Å². The predicted octanol–water partition coefficient (Wildman–Crippen LogP) is 8.59. The first-order valence-corrected chi connectivity index (χ1v) is 11.5. The van der Waals surface area contributed by atoms with E-state index in [2.05, 4.69) is 0 Å². The molecule has 0 fully saturated rings. The fourth-order valence-electron chi connectivity index (χ4n) is 3.80. The van der Waals surface area contributed by atoms with Crippen molar-refractivity contribution in [2.24, 2.45) is 0 Å². The van der Waals surface area contributed by atoms with Gasteiger partial charge in [-0.3, -0.25) is 0 Å². The highest BCUT2D eigenvalue weighted by Crippen LogP contribution is 2.32. The zero-order chi connectivity index (χ0) is 25.7. The molecule has 0 saturated carbocycles. The molecule has 0 radical (unpaired) electrons. The molecule has 2 nitrogen and oxygen atoms in total. The Bertz CT molecular complexity index is 1380. The maximum absolute atomic E-state index is 14.8. The van der Waals surface area contributed by atoms with Crippen molar-refractivity contribution in [2.75, 3.05) is 6.61 Å². The molecule has 0 saturated heterocycles. The number of halogens is 4. The number of ether oxygens (including phenoxy) is 2. The number of benzene rings is 4. The minimum absolute atomic E-state index is 0.0336. The van der Waals surface area contributed by atoms with Crippen LogP contribution in [-0.4, -0.2) is 6.61 Å². The molecule has 0 N–H and O–H groups in total. The van der Waals surface area contributed by atoms with Crippen LogP contribution < -0.4 is 9.47 Å². The second kappa shape index (κ2) is 11.1. The molecule has 0 spiro atoms. The van der Waals surface area contributed by atoms with Crippen LogP contribution in [0.5, 0.6) is 11.5 Å². The maximum Gasteiger partial charge on any atom is 0.201 e.